The number of piperazine rings is 1. The zero-order chi connectivity index (χ0) is 14.8. The Morgan fingerprint density at radius 1 is 1.19 bits per heavy atom. The highest BCUT2D eigenvalue weighted by atomic mass is 35.5. The molecule has 1 aromatic carbocycles. The lowest BCUT2D eigenvalue weighted by molar-refractivity contribution is -0.148. The van der Waals surface area contributed by atoms with Crippen molar-refractivity contribution in [2.45, 2.75) is 18.6 Å². The molecule has 0 spiro atoms. The molecule has 0 bridgehead atoms. The van der Waals surface area contributed by atoms with E-state index < -0.39 is 30.1 Å². The summed E-state index contributed by atoms with van der Waals surface area (Å²) in [6, 6.07) is 3.13. The second kappa shape index (κ2) is 7.20. The first kappa shape index (κ1) is 17.9. The van der Waals surface area contributed by atoms with Gasteiger partial charge in [-0.2, -0.15) is 13.2 Å². The zero-order valence-corrected chi connectivity index (χ0v) is 12.0. The maximum Gasteiger partial charge on any atom is 0.390 e. The van der Waals surface area contributed by atoms with Crippen molar-refractivity contribution in [3.63, 3.8) is 0 Å². The zero-order valence-electron chi connectivity index (χ0n) is 11.2. The van der Waals surface area contributed by atoms with Crippen LogP contribution in [0.25, 0.3) is 0 Å². The number of halogens is 4. The minimum Gasteiger partial charge on any atom is -0.504 e. The molecule has 2 rings (SSSR count). The number of alkyl halides is 3. The van der Waals surface area contributed by atoms with Gasteiger partial charge in [0.15, 0.2) is 11.5 Å². The molecule has 120 valence electrons. The quantitative estimate of drug-likeness (QED) is 0.747. The molecule has 1 aliphatic rings. The normalized spacial score (nSPS) is 18.0. The average molecular weight is 327 g/mol. The third kappa shape index (κ3) is 4.66. The molecule has 0 saturated carbocycles. The van der Waals surface area contributed by atoms with Crippen molar-refractivity contribution >= 4 is 12.4 Å². The molecule has 1 heterocycles. The van der Waals surface area contributed by atoms with E-state index in [1.54, 1.807) is 4.90 Å². The molecule has 1 fully saturated rings. The number of nitrogens with one attached hydrogen (secondary N) is 1. The van der Waals surface area contributed by atoms with Crippen LogP contribution in [0.2, 0.25) is 0 Å². The Morgan fingerprint density at radius 3 is 2.38 bits per heavy atom. The summed E-state index contributed by atoms with van der Waals surface area (Å²) < 4.78 is 38.4. The van der Waals surface area contributed by atoms with Gasteiger partial charge in [-0.3, -0.25) is 4.90 Å². The fourth-order valence-electron chi connectivity index (χ4n) is 2.47. The van der Waals surface area contributed by atoms with E-state index in [4.69, 9.17) is 0 Å². The molecule has 21 heavy (non-hydrogen) atoms. The van der Waals surface area contributed by atoms with Gasteiger partial charge in [-0.15, -0.1) is 12.4 Å². The van der Waals surface area contributed by atoms with Gasteiger partial charge in [0.2, 0.25) is 0 Å². The van der Waals surface area contributed by atoms with Crippen LogP contribution in [-0.4, -0.2) is 47.5 Å². The lowest BCUT2D eigenvalue weighted by atomic mass is 9.99. The van der Waals surface area contributed by atoms with Gasteiger partial charge in [-0.1, -0.05) is 12.1 Å². The first-order valence-electron chi connectivity index (χ1n) is 6.41. The van der Waals surface area contributed by atoms with Crippen molar-refractivity contribution in [2.24, 2.45) is 0 Å². The summed E-state index contributed by atoms with van der Waals surface area (Å²) in [6.07, 6.45) is -5.39. The third-order valence-corrected chi connectivity index (χ3v) is 3.42. The molecule has 0 aromatic heterocycles. The number of benzene rings is 1. The molecule has 1 aromatic rings. The van der Waals surface area contributed by atoms with E-state index in [1.165, 1.54) is 18.2 Å². The van der Waals surface area contributed by atoms with Gasteiger partial charge < -0.3 is 15.5 Å². The standard InChI is InChI=1S/C13H17F3N2O2.ClH/c14-13(15,16)8-10(18-6-4-17-5-7-18)9-2-1-3-11(19)12(9)20;/h1-3,10,17,19-20H,4-8H2;1H/t10-;/m1./s1. The van der Waals surface area contributed by atoms with Gasteiger partial charge in [0, 0.05) is 37.8 Å². The first-order valence-corrected chi connectivity index (χ1v) is 6.41. The highest BCUT2D eigenvalue weighted by Crippen LogP contribution is 2.40. The topological polar surface area (TPSA) is 55.7 Å². The van der Waals surface area contributed by atoms with Crippen LogP contribution in [0, 0.1) is 0 Å². The van der Waals surface area contributed by atoms with E-state index in [1.807, 2.05) is 0 Å². The van der Waals surface area contributed by atoms with Crippen LogP contribution in [0.3, 0.4) is 0 Å². The van der Waals surface area contributed by atoms with Crippen molar-refractivity contribution in [1.29, 1.82) is 0 Å². The summed E-state index contributed by atoms with van der Waals surface area (Å²) >= 11 is 0. The van der Waals surface area contributed by atoms with Crippen LogP contribution in [0.1, 0.15) is 18.0 Å². The molecule has 4 nitrogen and oxygen atoms in total. The van der Waals surface area contributed by atoms with Crippen LogP contribution in [-0.2, 0) is 0 Å². The van der Waals surface area contributed by atoms with Crippen LogP contribution < -0.4 is 5.32 Å². The maximum absolute atomic E-state index is 12.8. The van der Waals surface area contributed by atoms with E-state index in [0.717, 1.165) is 0 Å². The van der Waals surface area contributed by atoms with Gasteiger partial charge in [-0.25, -0.2) is 0 Å². The van der Waals surface area contributed by atoms with Gasteiger partial charge in [0.1, 0.15) is 0 Å². The van der Waals surface area contributed by atoms with Crippen LogP contribution in [0.15, 0.2) is 18.2 Å². The lowest BCUT2D eigenvalue weighted by Gasteiger charge is -2.35. The highest BCUT2D eigenvalue weighted by Gasteiger charge is 2.37. The van der Waals surface area contributed by atoms with E-state index in [9.17, 15) is 23.4 Å². The molecule has 0 radical (unpaired) electrons. The molecule has 0 amide bonds. The highest BCUT2D eigenvalue weighted by molar-refractivity contribution is 5.85. The Kier molecular flexibility index (Phi) is 6.12. The number of phenolic OH excluding ortho intramolecular Hbond substituents is 2. The number of para-hydroxylation sites is 1. The molecule has 1 saturated heterocycles. The molecule has 3 N–H and O–H groups in total. The summed E-state index contributed by atoms with van der Waals surface area (Å²) in [5.41, 5.74) is 0.115. The summed E-state index contributed by atoms with van der Waals surface area (Å²) in [5.74, 6) is -0.870. The van der Waals surface area contributed by atoms with Crippen molar-refractivity contribution in [3.05, 3.63) is 23.8 Å². The Hall–Kier alpha value is -1.18. The maximum atomic E-state index is 12.8. The van der Waals surface area contributed by atoms with Crippen molar-refractivity contribution < 1.29 is 23.4 Å². The Labute approximate surface area is 127 Å². The SMILES string of the molecule is Cl.Oc1cccc([C@@H](CC(F)(F)F)N2CCNCC2)c1O. The number of aromatic hydroxyl groups is 2. The van der Waals surface area contributed by atoms with Crippen molar-refractivity contribution in [1.82, 2.24) is 10.2 Å². The fourth-order valence-corrected chi connectivity index (χ4v) is 2.47. The number of hydrogen-bond acceptors (Lipinski definition) is 4. The largest absolute Gasteiger partial charge is 0.504 e. The Morgan fingerprint density at radius 2 is 1.81 bits per heavy atom. The molecule has 0 unspecified atom stereocenters. The molecule has 8 heteroatoms. The number of phenols is 2. The summed E-state index contributed by atoms with van der Waals surface area (Å²) in [5, 5.41) is 22.4. The van der Waals surface area contributed by atoms with Gasteiger partial charge >= 0.3 is 6.18 Å². The number of rotatable bonds is 3. The Bertz CT molecular complexity index is 465. The summed E-state index contributed by atoms with van der Waals surface area (Å²) in [4.78, 5) is 1.68. The predicted molar refractivity (Wildman–Crippen MR) is 74.9 cm³/mol. The third-order valence-electron chi connectivity index (χ3n) is 3.42. The van der Waals surface area contributed by atoms with Crippen molar-refractivity contribution in [2.75, 3.05) is 26.2 Å². The second-order valence-corrected chi connectivity index (χ2v) is 4.84. The van der Waals surface area contributed by atoms with Crippen LogP contribution in [0.5, 0.6) is 11.5 Å². The van der Waals surface area contributed by atoms with E-state index in [2.05, 4.69) is 5.32 Å². The summed E-state index contributed by atoms with van der Waals surface area (Å²) in [7, 11) is 0. The Balaban J connectivity index is 0.00000220. The van der Waals surface area contributed by atoms with Crippen LogP contribution >= 0.6 is 12.4 Å². The lowest BCUT2D eigenvalue weighted by Crippen LogP contribution is -2.46. The molecular formula is C13H18ClF3N2O2. The molecule has 1 atom stereocenters. The molecule has 1 aliphatic heterocycles. The average Bonchev–Trinajstić information content (AvgIpc) is 2.40. The monoisotopic (exact) mass is 326 g/mol. The molecular weight excluding hydrogens is 309 g/mol. The summed E-state index contributed by atoms with van der Waals surface area (Å²) in [6.45, 7) is 2.15. The number of nitrogens with zero attached hydrogens (tertiary/aromatic N) is 1. The van der Waals surface area contributed by atoms with Crippen LogP contribution in [0.4, 0.5) is 13.2 Å². The minimum atomic E-state index is -4.34. The second-order valence-electron chi connectivity index (χ2n) is 4.84. The fraction of sp³-hybridized carbons (Fsp3) is 0.538. The van der Waals surface area contributed by atoms with Gasteiger partial charge in [0.05, 0.1) is 6.42 Å². The van der Waals surface area contributed by atoms with Gasteiger partial charge in [-0.05, 0) is 6.07 Å². The van der Waals surface area contributed by atoms with E-state index in [0.29, 0.717) is 26.2 Å². The van der Waals surface area contributed by atoms with Crippen molar-refractivity contribution in [3.8, 4) is 11.5 Å². The van der Waals surface area contributed by atoms with Gasteiger partial charge in [0.25, 0.3) is 0 Å². The minimum absolute atomic E-state index is 0. The van der Waals surface area contributed by atoms with E-state index >= 15 is 0 Å². The van der Waals surface area contributed by atoms with E-state index in [-0.39, 0.29) is 18.0 Å². The first-order chi connectivity index (χ1) is 9.38. The number of hydrogen-bond donors (Lipinski definition) is 3. The smallest absolute Gasteiger partial charge is 0.390 e. The predicted octanol–water partition coefficient (Wildman–Crippen LogP) is 2.42. The molecule has 0 aliphatic carbocycles.